The van der Waals surface area contributed by atoms with Gasteiger partial charge in [-0.2, -0.15) is 0 Å². The zero-order valence-electron chi connectivity index (χ0n) is 12.0. The summed E-state index contributed by atoms with van der Waals surface area (Å²) in [6, 6.07) is 10.1. The lowest BCUT2D eigenvalue weighted by molar-refractivity contribution is -0.141. The largest absolute Gasteiger partial charge is 0.469 e. The molecule has 2 rings (SSSR count). The number of aliphatic hydroxyl groups is 1. The molecule has 2 unspecified atom stereocenters. The van der Waals surface area contributed by atoms with Gasteiger partial charge in [0.25, 0.3) is 0 Å². The molecule has 1 heterocycles. The van der Waals surface area contributed by atoms with Crippen LogP contribution < -0.4 is 0 Å². The van der Waals surface area contributed by atoms with E-state index in [1.165, 1.54) is 7.11 Å². The second kappa shape index (κ2) is 7.41. The fourth-order valence-corrected chi connectivity index (χ4v) is 2.86. The predicted molar refractivity (Wildman–Crippen MR) is 77.2 cm³/mol. The minimum Gasteiger partial charge on any atom is -0.469 e. The summed E-state index contributed by atoms with van der Waals surface area (Å²) in [7, 11) is 1.42. The standard InChI is InChI=1S/C16H23NO3/c1-20-16(19)9-11-17-10-5-8-14(17)12-15(18)13-6-3-2-4-7-13/h2-4,6-7,14-15,18H,5,8-12H2,1H3. The van der Waals surface area contributed by atoms with Gasteiger partial charge >= 0.3 is 5.97 Å². The van der Waals surface area contributed by atoms with Crippen LogP contribution in [-0.2, 0) is 9.53 Å². The fourth-order valence-electron chi connectivity index (χ4n) is 2.86. The van der Waals surface area contributed by atoms with Gasteiger partial charge in [-0.15, -0.1) is 0 Å². The molecule has 20 heavy (non-hydrogen) atoms. The monoisotopic (exact) mass is 277 g/mol. The number of aliphatic hydroxyl groups excluding tert-OH is 1. The van der Waals surface area contributed by atoms with Gasteiger partial charge in [-0.05, 0) is 31.4 Å². The number of benzene rings is 1. The van der Waals surface area contributed by atoms with Crippen LogP contribution in [-0.4, -0.2) is 42.2 Å². The minimum atomic E-state index is -0.431. The second-order valence-electron chi connectivity index (χ2n) is 5.32. The topological polar surface area (TPSA) is 49.8 Å². The second-order valence-corrected chi connectivity index (χ2v) is 5.32. The summed E-state index contributed by atoms with van der Waals surface area (Å²) >= 11 is 0. The number of carbonyl (C=O) groups excluding carboxylic acids is 1. The lowest BCUT2D eigenvalue weighted by Gasteiger charge is -2.26. The van der Waals surface area contributed by atoms with Crippen LogP contribution in [0.1, 0.15) is 37.4 Å². The summed E-state index contributed by atoms with van der Waals surface area (Å²) in [6.45, 7) is 1.72. The lowest BCUT2D eigenvalue weighted by atomic mass is 10.0. The van der Waals surface area contributed by atoms with Crippen LogP contribution in [0.15, 0.2) is 30.3 Å². The Bertz CT molecular complexity index is 421. The molecule has 1 aliphatic heterocycles. The number of ether oxygens (including phenoxy) is 1. The minimum absolute atomic E-state index is 0.167. The Kier molecular flexibility index (Phi) is 5.56. The smallest absolute Gasteiger partial charge is 0.306 e. The van der Waals surface area contributed by atoms with E-state index in [1.807, 2.05) is 30.3 Å². The third kappa shape index (κ3) is 4.05. The average molecular weight is 277 g/mol. The molecule has 1 aromatic carbocycles. The maximum Gasteiger partial charge on any atom is 0.306 e. The van der Waals surface area contributed by atoms with E-state index >= 15 is 0 Å². The van der Waals surface area contributed by atoms with E-state index in [-0.39, 0.29) is 5.97 Å². The van der Waals surface area contributed by atoms with E-state index in [4.69, 9.17) is 0 Å². The summed E-state index contributed by atoms with van der Waals surface area (Å²) in [5, 5.41) is 10.3. The van der Waals surface area contributed by atoms with Crippen molar-refractivity contribution in [2.24, 2.45) is 0 Å². The van der Waals surface area contributed by atoms with Gasteiger partial charge < -0.3 is 9.84 Å². The SMILES string of the molecule is COC(=O)CCN1CCCC1CC(O)c1ccccc1. The molecule has 110 valence electrons. The number of hydrogen-bond acceptors (Lipinski definition) is 4. The van der Waals surface area contributed by atoms with Crippen molar-refractivity contribution in [2.45, 2.75) is 37.8 Å². The third-order valence-electron chi connectivity index (χ3n) is 4.01. The quantitative estimate of drug-likeness (QED) is 0.809. The molecule has 1 aliphatic rings. The summed E-state index contributed by atoms with van der Waals surface area (Å²) in [5.41, 5.74) is 0.965. The first-order valence-electron chi connectivity index (χ1n) is 7.24. The number of methoxy groups -OCH3 is 1. The number of nitrogens with zero attached hydrogens (tertiary/aromatic N) is 1. The zero-order chi connectivity index (χ0) is 14.4. The molecule has 1 saturated heterocycles. The summed E-state index contributed by atoms with van der Waals surface area (Å²) < 4.78 is 4.68. The van der Waals surface area contributed by atoms with Crippen LogP contribution in [0, 0.1) is 0 Å². The van der Waals surface area contributed by atoms with Gasteiger partial charge in [0.05, 0.1) is 19.6 Å². The van der Waals surface area contributed by atoms with Crippen molar-refractivity contribution in [3.8, 4) is 0 Å². The Labute approximate surface area is 120 Å². The van der Waals surface area contributed by atoms with E-state index in [0.717, 1.165) is 37.9 Å². The van der Waals surface area contributed by atoms with Gasteiger partial charge in [0.15, 0.2) is 0 Å². The fraction of sp³-hybridized carbons (Fsp3) is 0.562. The number of carbonyl (C=O) groups is 1. The Morgan fingerprint density at radius 3 is 2.90 bits per heavy atom. The summed E-state index contributed by atoms with van der Waals surface area (Å²) in [6.07, 6.45) is 2.94. The van der Waals surface area contributed by atoms with Crippen molar-refractivity contribution in [3.63, 3.8) is 0 Å². The zero-order valence-corrected chi connectivity index (χ0v) is 12.0. The molecule has 1 fully saturated rings. The average Bonchev–Trinajstić information content (AvgIpc) is 2.92. The van der Waals surface area contributed by atoms with Crippen LogP contribution in [0.3, 0.4) is 0 Å². The van der Waals surface area contributed by atoms with Crippen molar-refractivity contribution in [1.29, 1.82) is 0 Å². The molecular formula is C16H23NO3. The lowest BCUT2D eigenvalue weighted by Crippen LogP contribution is -2.32. The van der Waals surface area contributed by atoms with Crippen molar-refractivity contribution in [3.05, 3.63) is 35.9 Å². The molecule has 0 aliphatic carbocycles. The van der Waals surface area contributed by atoms with E-state index in [1.54, 1.807) is 0 Å². The predicted octanol–water partition coefficient (Wildman–Crippen LogP) is 2.14. The van der Waals surface area contributed by atoms with Crippen LogP contribution in [0.2, 0.25) is 0 Å². The molecule has 0 amide bonds. The van der Waals surface area contributed by atoms with Gasteiger partial charge in [-0.3, -0.25) is 9.69 Å². The van der Waals surface area contributed by atoms with Gasteiger partial charge in [0.2, 0.25) is 0 Å². The van der Waals surface area contributed by atoms with Crippen LogP contribution in [0.25, 0.3) is 0 Å². The molecule has 2 atom stereocenters. The molecule has 1 N–H and O–H groups in total. The first-order chi connectivity index (χ1) is 9.70. The molecule has 0 radical (unpaired) electrons. The highest BCUT2D eigenvalue weighted by atomic mass is 16.5. The molecular weight excluding hydrogens is 254 g/mol. The molecule has 0 aromatic heterocycles. The van der Waals surface area contributed by atoms with Gasteiger partial charge in [0, 0.05) is 12.6 Å². The van der Waals surface area contributed by atoms with Crippen LogP contribution in [0.4, 0.5) is 0 Å². The van der Waals surface area contributed by atoms with Gasteiger partial charge in [-0.25, -0.2) is 0 Å². The van der Waals surface area contributed by atoms with Crippen LogP contribution >= 0.6 is 0 Å². The highest BCUT2D eigenvalue weighted by molar-refractivity contribution is 5.69. The Morgan fingerprint density at radius 2 is 2.20 bits per heavy atom. The molecule has 1 aromatic rings. The third-order valence-corrected chi connectivity index (χ3v) is 4.01. The number of rotatable bonds is 6. The summed E-state index contributed by atoms with van der Waals surface area (Å²) in [5.74, 6) is -0.167. The first kappa shape index (κ1) is 15.0. The normalized spacial score (nSPS) is 20.8. The Hall–Kier alpha value is -1.39. The first-order valence-corrected chi connectivity index (χ1v) is 7.24. The molecule has 0 saturated carbocycles. The Balaban J connectivity index is 1.86. The number of likely N-dealkylation sites (tertiary alicyclic amines) is 1. The van der Waals surface area contributed by atoms with E-state index in [0.29, 0.717) is 12.5 Å². The highest BCUT2D eigenvalue weighted by Crippen LogP contribution is 2.27. The maximum absolute atomic E-state index is 11.2. The maximum atomic E-state index is 11.2. The van der Waals surface area contributed by atoms with E-state index < -0.39 is 6.10 Å². The number of esters is 1. The summed E-state index contributed by atoms with van der Waals surface area (Å²) in [4.78, 5) is 13.5. The Morgan fingerprint density at radius 1 is 1.45 bits per heavy atom. The molecule has 0 spiro atoms. The van der Waals surface area contributed by atoms with Gasteiger partial charge in [0.1, 0.15) is 0 Å². The molecule has 0 bridgehead atoms. The van der Waals surface area contributed by atoms with Crippen LogP contribution in [0.5, 0.6) is 0 Å². The molecule has 4 nitrogen and oxygen atoms in total. The number of hydrogen-bond donors (Lipinski definition) is 1. The van der Waals surface area contributed by atoms with Crippen molar-refractivity contribution in [1.82, 2.24) is 4.90 Å². The van der Waals surface area contributed by atoms with Gasteiger partial charge in [-0.1, -0.05) is 30.3 Å². The molecule has 4 heteroatoms. The van der Waals surface area contributed by atoms with Crippen molar-refractivity contribution in [2.75, 3.05) is 20.2 Å². The van der Waals surface area contributed by atoms with Crippen molar-refractivity contribution < 1.29 is 14.6 Å². The van der Waals surface area contributed by atoms with E-state index in [9.17, 15) is 9.90 Å². The van der Waals surface area contributed by atoms with E-state index in [2.05, 4.69) is 9.64 Å². The van der Waals surface area contributed by atoms with Crippen molar-refractivity contribution >= 4 is 5.97 Å². The highest BCUT2D eigenvalue weighted by Gasteiger charge is 2.27.